The van der Waals surface area contributed by atoms with Gasteiger partial charge in [-0.1, -0.05) is 0 Å². The highest BCUT2D eigenvalue weighted by Gasteiger charge is 2.18. The van der Waals surface area contributed by atoms with Gasteiger partial charge in [0.05, 0.1) is 10.7 Å². The number of nitrogens with zero attached hydrogens (tertiary/aromatic N) is 1. The molecule has 0 aromatic carbocycles. The van der Waals surface area contributed by atoms with E-state index in [0.717, 1.165) is 31.1 Å². The predicted molar refractivity (Wildman–Crippen MR) is 62.0 cm³/mol. The van der Waals surface area contributed by atoms with Crippen molar-refractivity contribution < 1.29 is 0 Å². The molecular weight excluding hydrogens is 206 g/mol. The summed E-state index contributed by atoms with van der Waals surface area (Å²) in [4.78, 5) is 7.70. The summed E-state index contributed by atoms with van der Waals surface area (Å²) in [6, 6.07) is 2.06. The molecule has 0 atom stereocenters. The van der Waals surface area contributed by atoms with Crippen LogP contribution in [0.15, 0.2) is 23.8 Å². The van der Waals surface area contributed by atoms with Crippen LogP contribution in [0, 0.1) is 5.92 Å². The van der Waals surface area contributed by atoms with Crippen LogP contribution in [-0.4, -0.2) is 23.1 Å². The van der Waals surface area contributed by atoms with Gasteiger partial charge >= 0.3 is 0 Å². The van der Waals surface area contributed by atoms with Crippen LogP contribution in [0.25, 0.3) is 11.3 Å². The first kappa shape index (κ1) is 9.12. The number of aromatic nitrogens is 2. The van der Waals surface area contributed by atoms with Gasteiger partial charge < -0.3 is 10.3 Å². The van der Waals surface area contributed by atoms with E-state index in [2.05, 4.69) is 26.7 Å². The smallest absolute Gasteiger partial charge is 0.0936 e. The quantitative estimate of drug-likeness (QED) is 0.827. The van der Waals surface area contributed by atoms with Crippen LogP contribution in [0.1, 0.15) is 5.01 Å². The highest BCUT2D eigenvalue weighted by atomic mass is 32.1. The van der Waals surface area contributed by atoms with Gasteiger partial charge in [-0.15, -0.1) is 11.3 Å². The maximum Gasteiger partial charge on any atom is 0.0936 e. The van der Waals surface area contributed by atoms with Crippen LogP contribution in [-0.2, 0) is 6.42 Å². The molecule has 2 N–H and O–H groups in total. The van der Waals surface area contributed by atoms with Crippen LogP contribution in [0.5, 0.6) is 0 Å². The second-order valence-electron chi connectivity index (χ2n) is 3.95. The Kier molecular flexibility index (Phi) is 2.31. The van der Waals surface area contributed by atoms with Crippen molar-refractivity contribution in [3.8, 4) is 11.3 Å². The Bertz CT molecular complexity index is 428. The zero-order chi connectivity index (χ0) is 10.1. The molecule has 1 aliphatic heterocycles. The molecule has 0 spiro atoms. The fourth-order valence-corrected chi connectivity index (χ4v) is 2.68. The molecule has 1 aliphatic rings. The van der Waals surface area contributed by atoms with Crippen LogP contribution < -0.4 is 5.32 Å². The molecule has 0 bridgehead atoms. The fourth-order valence-electron chi connectivity index (χ4n) is 1.76. The standard InChI is InChI=1S/C11H13N3S/c1-2-12-6-9(1)10-7-15-11(14-10)3-8-4-13-5-8/h1-2,6-8,12-13H,3-5H2. The summed E-state index contributed by atoms with van der Waals surface area (Å²) in [7, 11) is 0. The molecule has 15 heavy (non-hydrogen) atoms. The molecule has 4 heteroatoms. The molecule has 2 aromatic heterocycles. The van der Waals surface area contributed by atoms with Gasteiger partial charge in [-0.05, 0) is 25.1 Å². The molecule has 0 radical (unpaired) electrons. The topological polar surface area (TPSA) is 40.7 Å². The minimum absolute atomic E-state index is 0.801. The number of hydrogen-bond donors (Lipinski definition) is 2. The summed E-state index contributed by atoms with van der Waals surface area (Å²) in [5.41, 5.74) is 2.28. The maximum absolute atomic E-state index is 4.65. The Labute approximate surface area is 92.6 Å². The first-order valence-corrected chi connectivity index (χ1v) is 6.08. The lowest BCUT2D eigenvalue weighted by molar-refractivity contribution is 0.346. The van der Waals surface area contributed by atoms with Crippen molar-refractivity contribution >= 4 is 11.3 Å². The van der Waals surface area contributed by atoms with Gasteiger partial charge in [0.25, 0.3) is 0 Å². The van der Waals surface area contributed by atoms with Crippen molar-refractivity contribution in [1.29, 1.82) is 0 Å². The number of H-pyrrole nitrogens is 1. The zero-order valence-electron chi connectivity index (χ0n) is 8.36. The first-order valence-electron chi connectivity index (χ1n) is 5.20. The summed E-state index contributed by atoms with van der Waals surface area (Å²) >= 11 is 1.77. The highest BCUT2D eigenvalue weighted by molar-refractivity contribution is 7.09. The van der Waals surface area contributed by atoms with Crippen LogP contribution in [0.4, 0.5) is 0 Å². The second kappa shape index (κ2) is 3.79. The van der Waals surface area contributed by atoms with Crippen molar-refractivity contribution in [3.05, 3.63) is 28.8 Å². The number of rotatable bonds is 3. The number of aromatic amines is 1. The van der Waals surface area contributed by atoms with E-state index in [9.17, 15) is 0 Å². The van der Waals surface area contributed by atoms with E-state index in [0.29, 0.717) is 0 Å². The molecule has 0 unspecified atom stereocenters. The second-order valence-corrected chi connectivity index (χ2v) is 4.90. The van der Waals surface area contributed by atoms with Gasteiger partial charge in [-0.3, -0.25) is 0 Å². The van der Waals surface area contributed by atoms with E-state index < -0.39 is 0 Å². The Hall–Kier alpha value is -1.13. The molecule has 3 heterocycles. The van der Waals surface area contributed by atoms with Gasteiger partial charge in [-0.2, -0.15) is 0 Å². The molecule has 0 amide bonds. The van der Waals surface area contributed by atoms with E-state index in [-0.39, 0.29) is 0 Å². The van der Waals surface area contributed by atoms with E-state index in [1.807, 2.05) is 12.4 Å². The molecule has 78 valence electrons. The molecule has 3 rings (SSSR count). The Morgan fingerprint density at radius 2 is 2.40 bits per heavy atom. The third kappa shape index (κ3) is 1.82. The van der Waals surface area contributed by atoms with Crippen LogP contribution in [0.2, 0.25) is 0 Å². The summed E-state index contributed by atoms with van der Waals surface area (Å²) in [5.74, 6) is 0.801. The average molecular weight is 219 g/mol. The lowest BCUT2D eigenvalue weighted by Crippen LogP contribution is -2.43. The monoisotopic (exact) mass is 219 g/mol. The molecule has 0 aliphatic carbocycles. The normalized spacial score (nSPS) is 16.5. The Morgan fingerprint density at radius 3 is 3.07 bits per heavy atom. The van der Waals surface area contributed by atoms with Crippen molar-refractivity contribution in [1.82, 2.24) is 15.3 Å². The molecular formula is C11H13N3S. The minimum Gasteiger partial charge on any atom is -0.367 e. The zero-order valence-corrected chi connectivity index (χ0v) is 9.18. The van der Waals surface area contributed by atoms with Crippen LogP contribution in [0.3, 0.4) is 0 Å². The number of nitrogens with one attached hydrogen (secondary N) is 2. The summed E-state index contributed by atoms with van der Waals surface area (Å²) in [5, 5.41) is 6.69. The summed E-state index contributed by atoms with van der Waals surface area (Å²) in [6.45, 7) is 2.30. The Morgan fingerprint density at radius 1 is 1.47 bits per heavy atom. The first-order chi connectivity index (χ1) is 7.42. The van der Waals surface area contributed by atoms with E-state index >= 15 is 0 Å². The average Bonchev–Trinajstić information content (AvgIpc) is 2.82. The molecule has 1 saturated heterocycles. The third-order valence-corrected chi connectivity index (χ3v) is 3.65. The van der Waals surface area contributed by atoms with E-state index in [1.165, 1.54) is 10.6 Å². The number of thiazole rings is 1. The Balaban J connectivity index is 1.75. The molecule has 1 fully saturated rings. The van der Waals surface area contributed by atoms with Gasteiger partial charge in [0.1, 0.15) is 0 Å². The lowest BCUT2D eigenvalue weighted by Gasteiger charge is -2.25. The molecule has 0 saturated carbocycles. The van der Waals surface area contributed by atoms with Crippen molar-refractivity contribution in [2.75, 3.05) is 13.1 Å². The van der Waals surface area contributed by atoms with Crippen molar-refractivity contribution in [2.45, 2.75) is 6.42 Å². The van der Waals surface area contributed by atoms with Crippen molar-refractivity contribution in [2.24, 2.45) is 5.92 Å². The summed E-state index contributed by atoms with van der Waals surface area (Å²) in [6.07, 6.45) is 5.05. The molecule has 2 aromatic rings. The van der Waals surface area contributed by atoms with E-state index in [1.54, 1.807) is 11.3 Å². The fraction of sp³-hybridized carbons (Fsp3) is 0.364. The SMILES string of the molecule is c1cc(-c2csc(CC3CNC3)n2)c[nH]1. The lowest BCUT2D eigenvalue weighted by atomic mass is 10.0. The summed E-state index contributed by atoms with van der Waals surface area (Å²) < 4.78 is 0. The van der Waals surface area contributed by atoms with E-state index in [4.69, 9.17) is 0 Å². The van der Waals surface area contributed by atoms with Gasteiger partial charge in [0.2, 0.25) is 0 Å². The van der Waals surface area contributed by atoms with Crippen LogP contribution >= 0.6 is 11.3 Å². The predicted octanol–water partition coefficient (Wildman–Crippen LogP) is 1.90. The van der Waals surface area contributed by atoms with Crippen molar-refractivity contribution in [3.63, 3.8) is 0 Å². The largest absolute Gasteiger partial charge is 0.367 e. The highest BCUT2D eigenvalue weighted by Crippen LogP contribution is 2.23. The third-order valence-electron chi connectivity index (χ3n) is 2.77. The number of hydrogen-bond acceptors (Lipinski definition) is 3. The minimum atomic E-state index is 0.801. The molecule has 3 nitrogen and oxygen atoms in total. The van der Waals surface area contributed by atoms with Gasteiger partial charge in [0.15, 0.2) is 0 Å². The van der Waals surface area contributed by atoms with Gasteiger partial charge in [0, 0.05) is 29.8 Å². The maximum atomic E-state index is 4.65. The van der Waals surface area contributed by atoms with Gasteiger partial charge in [-0.25, -0.2) is 4.98 Å².